The molecule has 1 aromatic carbocycles. The van der Waals surface area contributed by atoms with Gasteiger partial charge in [-0.25, -0.2) is 0 Å². The molecule has 0 aliphatic heterocycles. The summed E-state index contributed by atoms with van der Waals surface area (Å²) >= 11 is 0. The molecule has 22 heavy (non-hydrogen) atoms. The molecule has 0 unspecified atom stereocenters. The number of hydrogen-bond donors (Lipinski definition) is 2. The molecule has 118 valence electrons. The molecule has 0 saturated heterocycles. The summed E-state index contributed by atoms with van der Waals surface area (Å²) in [6.07, 6.45) is 5.39. The van der Waals surface area contributed by atoms with Crippen molar-refractivity contribution >= 4 is 17.6 Å². The Balaban J connectivity index is 2.11. The van der Waals surface area contributed by atoms with Gasteiger partial charge in [0.15, 0.2) is 0 Å². The summed E-state index contributed by atoms with van der Waals surface area (Å²) in [7, 11) is 0. The second-order valence-corrected chi connectivity index (χ2v) is 5.33. The van der Waals surface area contributed by atoms with Crippen LogP contribution < -0.4 is 10.1 Å². The maximum Gasteiger partial charge on any atom is 0.307 e. The Morgan fingerprint density at radius 2 is 1.91 bits per heavy atom. The number of rotatable bonds is 6. The molecule has 5 heteroatoms. The van der Waals surface area contributed by atoms with Crippen LogP contribution in [0.25, 0.3) is 0 Å². The first-order chi connectivity index (χ1) is 10.6. The van der Waals surface area contributed by atoms with Crippen LogP contribution in [0.4, 0.5) is 5.69 Å². The third-order valence-electron chi connectivity index (χ3n) is 3.69. The molecule has 0 fully saturated rings. The summed E-state index contributed by atoms with van der Waals surface area (Å²) in [6.45, 7) is 2.57. The number of para-hydroxylation sites is 2. The average Bonchev–Trinajstić information content (AvgIpc) is 2.54. The molecule has 0 saturated carbocycles. The van der Waals surface area contributed by atoms with E-state index in [1.807, 2.05) is 31.2 Å². The Hall–Kier alpha value is -2.30. The summed E-state index contributed by atoms with van der Waals surface area (Å²) in [5, 5.41) is 12.1. The van der Waals surface area contributed by atoms with E-state index >= 15 is 0 Å². The summed E-state index contributed by atoms with van der Waals surface area (Å²) in [5.41, 5.74) is 0.583. The van der Waals surface area contributed by atoms with Crippen molar-refractivity contribution in [2.24, 2.45) is 11.8 Å². The Morgan fingerprint density at radius 1 is 1.23 bits per heavy atom. The van der Waals surface area contributed by atoms with Gasteiger partial charge in [0.2, 0.25) is 5.91 Å². The van der Waals surface area contributed by atoms with E-state index in [1.54, 1.807) is 12.1 Å². The fourth-order valence-corrected chi connectivity index (χ4v) is 2.51. The highest BCUT2D eigenvalue weighted by Gasteiger charge is 2.34. The Bertz CT molecular complexity index is 568. The first-order valence-electron chi connectivity index (χ1n) is 7.54. The van der Waals surface area contributed by atoms with E-state index < -0.39 is 17.8 Å². The predicted octanol–water partition coefficient (Wildman–Crippen LogP) is 3.08. The smallest absolute Gasteiger partial charge is 0.307 e. The lowest BCUT2D eigenvalue weighted by atomic mass is 9.82. The number of carbonyl (C=O) groups excluding carboxylic acids is 1. The van der Waals surface area contributed by atoms with Gasteiger partial charge in [-0.05, 0) is 31.4 Å². The van der Waals surface area contributed by atoms with Crippen LogP contribution in [-0.4, -0.2) is 23.6 Å². The predicted molar refractivity (Wildman–Crippen MR) is 83.8 cm³/mol. The van der Waals surface area contributed by atoms with Gasteiger partial charge in [-0.2, -0.15) is 0 Å². The molecule has 0 bridgehead atoms. The summed E-state index contributed by atoms with van der Waals surface area (Å²) in [4.78, 5) is 23.7. The van der Waals surface area contributed by atoms with Gasteiger partial charge in [-0.3, -0.25) is 9.59 Å². The number of hydrogen-bond acceptors (Lipinski definition) is 3. The van der Waals surface area contributed by atoms with Gasteiger partial charge < -0.3 is 15.2 Å². The molecule has 2 rings (SSSR count). The number of allylic oxidation sites excluding steroid dienone is 2. The molecule has 1 aliphatic carbocycles. The van der Waals surface area contributed by atoms with E-state index in [0.717, 1.165) is 6.42 Å². The zero-order chi connectivity index (χ0) is 15.9. The minimum Gasteiger partial charge on any atom is -0.491 e. The van der Waals surface area contributed by atoms with Gasteiger partial charge in [0.05, 0.1) is 24.1 Å². The van der Waals surface area contributed by atoms with Crippen molar-refractivity contribution in [1.29, 1.82) is 0 Å². The molecule has 0 spiro atoms. The van der Waals surface area contributed by atoms with E-state index in [0.29, 0.717) is 30.9 Å². The number of benzene rings is 1. The molecule has 1 aliphatic rings. The van der Waals surface area contributed by atoms with Crippen LogP contribution in [0.3, 0.4) is 0 Å². The van der Waals surface area contributed by atoms with Crippen molar-refractivity contribution in [3.8, 4) is 5.75 Å². The van der Waals surface area contributed by atoms with E-state index in [4.69, 9.17) is 4.74 Å². The van der Waals surface area contributed by atoms with Crippen LogP contribution in [0.5, 0.6) is 5.75 Å². The zero-order valence-electron chi connectivity index (χ0n) is 12.6. The van der Waals surface area contributed by atoms with Crippen molar-refractivity contribution in [2.45, 2.75) is 26.2 Å². The average molecular weight is 303 g/mol. The number of carbonyl (C=O) groups is 2. The normalized spacial score (nSPS) is 20.4. The highest BCUT2D eigenvalue weighted by Crippen LogP contribution is 2.29. The standard InChI is InChI=1S/C17H21NO4/c1-2-11-22-15-10-6-5-9-14(15)18-16(19)12-7-3-4-8-13(12)17(20)21/h3-6,9-10,12-13H,2,7-8,11H2,1H3,(H,18,19)(H,20,21)/t12-,13+/m0/s1. The lowest BCUT2D eigenvalue weighted by Gasteiger charge is -2.24. The second-order valence-electron chi connectivity index (χ2n) is 5.33. The minimum atomic E-state index is -0.931. The number of aliphatic carboxylic acids is 1. The van der Waals surface area contributed by atoms with Gasteiger partial charge in [-0.1, -0.05) is 31.2 Å². The van der Waals surface area contributed by atoms with Gasteiger partial charge in [0, 0.05) is 0 Å². The van der Waals surface area contributed by atoms with Gasteiger partial charge in [-0.15, -0.1) is 0 Å². The molecule has 5 nitrogen and oxygen atoms in total. The first-order valence-corrected chi connectivity index (χ1v) is 7.54. The Labute approximate surface area is 130 Å². The topological polar surface area (TPSA) is 75.6 Å². The van der Waals surface area contributed by atoms with Gasteiger partial charge >= 0.3 is 5.97 Å². The van der Waals surface area contributed by atoms with Crippen molar-refractivity contribution < 1.29 is 19.4 Å². The number of ether oxygens (including phenoxy) is 1. The third kappa shape index (κ3) is 3.87. The number of anilines is 1. The molecular formula is C17H21NO4. The largest absolute Gasteiger partial charge is 0.491 e. The van der Waals surface area contributed by atoms with Crippen LogP contribution >= 0.6 is 0 Å². The molecule has 2 N–H and O–H groups in total. The van der Waals surface area contributed by atoms with Crippen LogP contribution in [0.2, 0.25) is 0 Å². The monoisotopic (exact) mass is 303 g/mol. The number of carboxylic acids is 1. The van der Waals surface area contributed by atoms with Crippen molar-refractivity contribution in [1.82, 2.24) is 0 Å². The molecule has 0 radical (unpaired) electrons. The molecule has 1 aromatic rings. The summed E-state index contributed by atoms with van der Waals surface area (Å²) in [5.74, 6) is -1.82. The highest BCUT2D eigenvalue weighted by atomic mass is 16.5. The molecule has 2 atom stereocenters. The van der Waals surface area contributed by atoms with Crippen molar-refractivity contribution in [3.63, 3.8) is 0 Å². The third-order valence-corrected chi connectivity index (χ3v) is 3.69. The molecular weight excluding hydrogens is 282 g/mol. The second kappa shape index (κ2) is 7.64. The van der Waals surface area contributed by atoms with Crippen LogP contribution in [0.1, 0.15) is 26.2 Å². The van der Waals surface area contributed by atoms with E-state index in [1.165, 1.54) is 0 Å². The number of nitrogens with one attached hydrogen (secondary N) is 1. The van der Waals surface area contributed by atoms with E-state index in [9.17, 15) is 14.7 Å². The quantitative estimate of drug-likeness (QED) is 0.792. The maximum atomic E-state index is 12.4. The summed E-state index contributed by atoms with van der Waals surface area (Å²) in [6, 6.07) is 7.20. The Kier molecular flexibility index (Phi) is 5.58. The molecule has 0 aromatic heterocycles. The van der Waals surface area contributed by atoms with Crippen LogP contribution in [0.15, 0.2) is 36.4 Å². The van der Waals surface area contributed by atoms with E-state index in [-0.39, 0.29) is 5.91 Å². The Morgan fingerprint density at radius 3 is 2.59 bits per heavy atom. The SMILES string of the molecule is CCCOc1ccccc1NC(=O)[C@H]1CC=CC[C@H]1C(=O)O. The minimum absolute atomic E-state index is 0.274. The molecule has 0 heterocycles. The number of carboxylic acid groups (broad SMARTS) is 1. The van der Waals surface area contributed by atoms with Crippen LogP contribution in [0, 0.1) is 11.8 Å². The van der Waals surface area contributed by atoms with Crippen molar-refractivity contribution in [3.05, 3.63) is 36.4 Å². The summed E-state index contributed by atoms with van der Waals surface area (Å²) < 4.78 is 5.60. The lowest BCUT2D eigenvalue weighted by molar-refractivity contribution is -0.146. The fourth-order valence-electron chi connectivity index (χ4n) is 2.51. The van der Waals surface area contributed by atoms with Crippen molar-refractivity contribution in [2.75, 3.05) is 11.9 Å². The lowest BCUT2D eigenvalue weighted by Crippen LogP contribution is -2.34. The zero-order valence-corrected chi connectivity index (χ0v) is 12.6. The number of amides is 1. The van der Waals surface area contributed by atoms with Gasteiger partial charge in [0.1, 0.15) is 5.75 Å². The molecule has 1 amide bonds. The van der Waals surface area contributed by atoms with Crippen LogP contribution in [-0.2, 0) is 9.59 Å². The van der Waals surface area contributed by atoms with Gasteiger partial charge in [0.25, 0.3) is 0 Å². The maximum absolute atomic E-state index is 12.4. The fraction of sp³-hybridized carbons (Fsp3) is 0.412. The first kappa shape index (κ1) is 16.1. The highest BCUT2D eigenvalue weighted by molar-refractivity contribution is 5.96. The van der Waals surface area contributed by atoms with E-state index in [2.05, 4.69) is 5.32 Å².